The van der Waals surface area contributed by atoms with E-state index >= 15 is 0 Å². The van der Waals surface area contributed by atoms with Crippen molar-refractivity contribution in [2.75, 3.05) is 20.8 Å². The van der Waals surface area contributed by atoms with Crippen molar-refractivity contribution in [1.29, 1.82) is 0 Å². The van der Waals surface area contributed by atoms with Crippen LogP contribution < -0.4 is 9.47 Å². The third-order valence-electron chi connectivity index (χ3n) is 14.6. The highest BCUT2D eigenvalue weighted by Gasteiger charge is 2.79. The van der Waals surface area contributed by atoms with Gasteiger partial charge in [0.1, 0.15) is 29.3 Å². The van der Waals surface area contributed by atoms with Gasteiger partial charge in [-0.05, 0) is 77.7 Å². The Hall–Kier alpha value is -3.73. The van der Waals surface area contributed by atoms with Gasteiger partial charge in [0.05, 0.1) is 56.2 Å². The van der Waals surface area contributed by atoms with Crippen molar-refractivity contribution >= 4 is 18.0 Å². The number of hydrogen-bond donors (Lipinski definition) is 2. The Morgan fingerprint density at radius 1 is 1.06 bits per heavy atom. The molecule has 62 heavy (non-hydrogen) atoms. The number of hydrogen-bond acceptors (Lipinski definition) is 14. The number of rotatable bonds is 10. The molecule has 15 heteroatoms. The number of aliphatic hydroxyl groups is 2. The van der Waals surface area contributed by atoms with Crippen LogP contribution in [0.5, 0.6) is 11.5 Å². The summed E-state index contributed by atoms with van der Waals surface area (Å²) in [5.41, 5.74) is -4.34. The number of ether oxygens (including phenoxy) is 9. The molecule has 0 bridgehead atoms. The molecule has 2 saturated carbocycles. The molecule has 1 aromatic carbocycles. The fraction of sp³-hybridized carbons (Fsp3) is 0.723. The molecule has 0 aromatic heterocycles. The van der Waals surface area contributed by atoms with Gasteiger partial charge in [0, 0.05) is 48.6 Å². The molecule has 7 rings (SSSR count). The zero-order valence-electron chi connectivity index (χ0n) is 38.5. The molecule has 3 unspecified atom stereocenters. The van der Waals surface area contributed by atoms with E-state index in [1.54, 1.807) is 58.9 Å². The second-order valence-corrected chi connectivity index (χ2v) is 20.3. The van der Waals surface area contributed by atoms with E-state index in [1.165, 1.54) is 26.0 Å². The summed E-state index contributed by atoms with van der Waals surface area (Å²) in [5, 5.41) is 25.9. The Morgan fingerprint density at radius 3 is 2.31 bits per heavy atom. The zero-order chi connectivity index (χ0) is 45.6. The van der Waals surface area contributed by atoms with E-state index in [0.29, 0.717) is 41.1 Å². The number of esters is 2. The topological polar surface area (TPSA) is 178 Å². The van der Waals surface area contributed by atoms with Gasteiger partial charge in [-0.3, -0.25) is 9.69 Å². The number of amides is 1. The highest BCUT2D eigenvalue weighted by molar-refractivity contribution is 5.79. The van der Waals surface area contributed by atoms with Crippen LogP contribution in [0.1, 0.15) is 107 Å². The molecular formula is C47H67NO14. The van der Waals surface area contributed by atoms with Gasteiger partial charge in [-0.25, -0.2) is 9.59 Å². The predicted molar refractivity (Wildman–Crippen MR) is 224 cm³/mol. The Labute approximate surface area is 365 Å². The Morgan fingerprint density at radius 2 is 1.76 bits per heavy atom. The molecule has 14 atom stereocenters. The first-order valence-electron chi connectivity index (χ1n) is 21.9. The van der Waals surface area contributed by atoms with Crippen LogP contribution in [0, 0.1) is 28.6 Å². The van der Waals surface area contributed by atoms with Gasteiger partial charge < -0.3 is 52.8 Å². The van der Waals surface area contributed by atoms with Crippen molar-refractivity contribution < 1.29 is 67.2 Å². The molecule has 3 saturated heterocycles. The average molecular weight is 870 g/mol. The van der Waals surface area contributed by atoms with Crippen LogP contribution in [0.4, 0.5) is 4.79 Å². The number of carbonyl (C=O) groups excluding carboxylic acids is 3. The zero-order valence-corrected chi connectivity index (χ0v) is 38.5. The van der Waals surface area contributed by atoms with Crippen LogP contribution in [-0.4, -0.2) is 120 Å². The van der Waals surface area contributed by atoms with E-state index in [0.717, 1.165) is 0 Å². The second kappa shape index (κ2) is 16.1. The second-order valence-electron chi connectivity index (χ2n) is 20.3. The summed E-state index contributed by atoms with van der Waals surface area (Å²) in [6.45, 7) is 23.8. The summed E-state index contributed by atoms with van der Waals surface area (Å²) in [5.74, 6) is -1.66. The maximum Gasteiger partial charge on any atom is 0.413 e. The minimum absolute atomic E-state index is 0.00750. The van der Waals surface area contributed by atoms with E-state index in [4.69, 9.17) is 42.6 Å². The highest BCUT2D eigenvalue weighted by atomic mass is 16.7. The van der Waals surface area contributed by atoms with E-state index < -0.39 is 113 Å². The van der Waals surface area contributed by atoms with Crippen LogP contribution in [0.15, 0.2) is 42.0 Å². The van der Waals surface area contributed by atoms with E-state index in [2.05, 4.69) is 6.58 Å². The van der Waals surface area contributed by atoms with Gasteiger partial charge in [0.25, 0.3) is 0 Å². The van der Waals surface area contributed by atoms with Gasteiger partial charge in [-0.1, -0.05) is 39.8 Å². The Balaban J connectivity index is 1.32. The lowest BCUT2D eigenvalue weighted by molar-refractivity contribution is -0.391. The molecule has 3 aliphatic heterocycles. The van der Waals surface area contributed by atoms with Gasteiger partial charge >= 0.3 is 18.0 Å². The van der Waals surface area contributed by atoms with Gasteiger partial charge in [-0.15, -0.1) is 0 Å². The fourth-order valence-corrected chi connectivity index (χ4v) is 12.1. The number of nitrogens with zero attached hydrogens (tertiary/aromatic N) is 1. The van der Waals surface area contributed by atoms with E-state index in [1.807, 2.05) is 34.6 Å². The average Bonchev–Trinajstić information content (AvgIpc) is 3.67. The summed E-state index contributed by atoms with van der Waals surface area (Å²) in [6, 6.07) is 4.31. The Bertz CT molecular complexity index is 1970. The molecule has 0 spiro atoms. The monoisotopic (exact) mass is 869 g/mol. The normalized spacial score (nSPS) is 38.8. The summed E-state index contributed by atoms with van der Waals surface area (Å²) in [6.07, 6.45) is -5.56. The van der Waals surface area contributed by atoms with Crippen LogP contribution in [0.3, 0.4) is 0 Å². The number of benzene rings is 1. The van der Waals surface area contributed by atoms with Crippen LogP contribution in [0.2, 0.25) is 0 Å². The third kappa shape index (κ3) is 7.13. The van der Waals surface area contributed by atoms with Gasteiger partial charge in [0.15, 0.2) is 24.2 Å². The molecule has 3 heterocycles. The molecule has 15 nitrogen and oxygen atoms in total. The first-order valence-corrected chi connectivity index (χ1v) is 21.9. The number of fused-ring (bicyclic) bond motifs is 3. The molecule has 1 aromatic rings. The molecule has 0 radical (unpaired) electrons. The van der Waals surface area contributed by atoms with Crippen LogP contribution >= 0.6 is 0 Å². The molecule has 344 valence electrons. The molecule has 5 fully saturated rings. The summed E-state index contributed by atoms with van der Waals surface area (Å²) in [7, 11) is 3.03. The predicted octanol–water partition coefficient (Wildman–Crippen LogP) is 6.18. The van der Waals surface area contributed by atoms with Crippen molar-refractivity contribution in [1.82, 2.24) is 4.90 Å². The molecule has 1 amide bonds. The minimum Gasteiger partial charge on any atom is -0.497 e. The summed E-state index contributed by atoms with van der Waals surface area (Å²) in [4.78, 5) is 43.6. The van der Waals surface area contributed by atoms with Crippen molar-refractivity contribution in [3.05, 3.63) is 47.6 Å². The maximum absolute atomic E-state index is 15.0. The molecule has 2 N–H and O–H groups in total. The maximum atomic E-state index is 15.0. The number of carbonyl (C=O) groups is 3. The molecule has 6 aliphatic rings. The largest absolute Gasteiger partial charge is 0.497 e. The van der Waals surface area contributed by atoms with Crippen molar-refractivity contribution in [2.45, 2.75) is 167 Å². The lowest BCUT2D eigenvalue weighted by Crippen LogP contribution is -2.79. The summed E-state index contributed by atoms with van der Waals surface area (Å²) >= 11 is 0. The van der Waals surface area contributed by atoms with Crippen molar-refractivity contribution in [3.63, 3.8) is 0 Å². The fourth-order valence-electron chi connectivity index (χ4n) is 12.1. The SMILES string of the molecule is C=CC1O[C@H]2C[C@H]3OC[C@@]3(OC(C)=O)[C@H]3[C@H](O)[C@]4(C(C)(C)O)C[C@H](OC(=O)[C@@H]5OC(c6ccc(OC)cc6OC)N(C(=O)OC(C)(C)C)C5CC(C)C)C(C)=C4[C@H](C)[C@H](O1)[C@]23C. The first kappa shape index (κ1) is 46.3. The smallest absolute Gasteiger partial charge is 0.413 e. The molecule has 3 aliphatic carbocycles. The molecular weight excluding hydrogens is 803 g/mol. The summed E-state index contributed by atoms with van der Waals surface area (Å²) < 4.78 is 56.0. The van der Waals surface area contributed by atoms with Crippen LogP contribution in [0.25, 0.3) is 0 Å². The Kier molecular flexibility index (Phi) is 12.0. The van der Waals surface area contributed by atoms with Gasteiger partial charge in [0.2, 0.25) is 0 Å². The van der Waals surface area contributed by atoms with E-state index in [9.17, 15) is 24.6 Å². The van der Waals surface area contributed by atoms with E-state index in [-0.39, 0.29) is 18.9 Å². The third-order valence-corrected chi connectivity index (χ3v) is 14.6. The van der Waals surface area contributed by atoms with Crippen molar-refractivity contribution in [2.24, 2.45) is 28.6 Å². The highest BCUT2D eigenvalue weighted by Crippen LogP contribution is 2.70. The standard InChI is InChI=1S/C47H67NO14/c1-15-34-58-32-20-33-47(22-56-33,61-26(6)49)37-38(50)46(44(10,11)53)21-31(24(4)35(46)25(5)39(59-34)45(32,37)12)57-41(51)36-29(18-23(2)3)48(42(52)62-43(7,8)9)40(60-36)28-17-16-27(54-13)19-30(28)55-14/h15-17,19,23,25,29,31-34,36-40,50,53H,1,18,20-22H2,2-14H3/t25-,29?,31-,32-,33+,34?,36+,37-,38-,39-,40?,45+,46-,47-/m0/s1. The van der Waals surface area contributed by atoms with Crippen molar-refractivity contribution in [3.8, 4) is 11.5 Å². The minimum atomic E-state index is -1.63. The number of aliphatic hydroxyl groups excluding tert-OH is 1. The first-order chi connectivity index (χ1) is 28.9. The number of methoxy groups -OCH3 is 2. The van der Waals surface area contributed by atoms with Gasteiger partial charge in [-0.2, -0.15) is 0 Å². The quantitative estimate of drug-likeness (QED) is 0.155. The van der Waals surface area contributed by atoms with Crippen LogP contribution in [-0.2, 0) is 42.7 Å². The lowest BCUT2D eigenvalue weighted by atomic mass is 9.49. The lowest BCUT2D eigenvalue weighted by Gasteiger charge is -2.67.